The Hall–Kier alpha value is -3.00. The Morgan fingerprint density at radius 3 is 2.80 bits per heavy atom. The lowest BCUT2D eigenvalue weighted by Crippen LogP contribution is -2.03. The third-order valence-electron chi connectivity index (χ3n) is 3.53. The van der Waals surface area contributed by atoms with Crippen molar-refractivity contribution in [1.29, 1.82) is 0 Å². The molecule has 0 spiro atoms. The molecule has 124 valence electrons. The van der Waals surface area contributed by atoms with Crippen molar-refractivity contribution in [3.8, 4) is 0 Å². The number of benzene rings is 1. The van der Waals surface area contributed by atoms with Crippen LogP contribution in [-0.4, -0.2) is 19.9 Å². The molecule has 7 nitrogen and oxygen atoms in total. The smallest absolute Gasteiger partial charge is 0.229 e. The van der Waals surface area contributed by atoms with Gasteiger partial charge in [0, 0.05) is 28.1 Å². The van der Waals surface area contributed by atoms with Crippen LogP contribution in [0.3, 0.4) is 0 Å². The summed E-state index contributed by atoms with van der Waals surface area (Å²) in [6, 6.07) is 7.60. The van der Waals surface area contributed by atoms with Gasteiger partial charge in [0.1, 0.15) is 11.3 Å². The second-order valence-corrected chi connectivity index (χ2v) is 6.32. The number of fused-ring (bicyclic) bond motifs is 1. The zero-order valence-corrected chi connectivity index (χ0v) is 14.8. The number of rotatable bonds is 4. The van der Waals surface area contributed by atoms with Gasteiger partial charge in [-0.3, -0.25) is 4.98 Å². The minimum absolute atomic E-state index is 0.482. The molecule has 4 rings (SSSR count). The predicted molar refractivity (Wildman–Crippen MR) is 99.3 cm³/mol. The van der Waals surface area contributed by atoms with Crippen LogP contribution in [0.15, 0.2) is 58.1 Å². The summed E-state index contributed by atoms with van der Waals surface area (Å²) in [7, 11) is 0. The molecule has 0 bridgehead atoms. The fourth-order valence-corrected chi connectivity index (χ4v) is 2.68. The molecule has 0 aliphatic carbocycles. The number of nitrogens with one attached hydrogen (secondary N) is 2. The van der Waals surface area contributed by atoms with E-state index in [0.29, 0.717) is 11.8 Å². The van der Waals surface area contributed by atoms with Crippen LogP contribution in [0.5, 0.6) is 0 Å². The average molecular weight is 397 g/mol. The molecular formula is C17H13BrN6O. The maximum Gasteiger partial charge on any atom is 0.229 e. The summed E-state index contributed by atoms with van der Waals surface area (Å²) in [4.78, 5) is 17.1. The number of aryl methyl sites for hydroxylation is 1. The van der Waals surface area contributed by atoms with Crippen molar-refractivity contribution in [3.63, 3.8) is 0 Å². The highest BCUT2D eigenvalue weighted by molar-refractivity contribution is 9.10. The molecule has 1 aromatic carbocycles. The number of anilines is 4. The monoisotopic (exact) mass is 396 g/mol. The first kappa shape index (κ1) is 15.5. The number of hydrogen-bond donors (Lipinski definition) is 2. The first-order valence-electron chi connectivity index (χ1n) is 7.49. The van der Waals surface area contributed by atoms with Gasteiger partial charge < -0.3 is 15.1 Å². The maximum absolute atomic E-state index is 5.26. The Labute approximate surface area is 151 Å². The van der Waals surface area contributed by atoms with E-state index in [1.807, 2.05) is 31.2 Å². The van der Waals surface area contributed by atoms with E-state index in [1.54, 1.807) is 18.6 Å². The van der Waals surface area contributed by atoms with Crippen molar-refractivity contribution in [3.05, 3.63) is 59.3 Å². The van der Waals surface area contributed by atoms with Crippen LogP contribution in [0, 0.1) is 6.92 Å². The van der Waals surface area contributed by atoms with E-state index in [1.165, 1.54) is 6.39 Å². The van der Waals surface area contributed by atoms with Crippen molar-refractivity contribution in [2.75, 3.05) is 10.6 Å². The van der Waals surface area contributed by atoms with E-state index in [4.69, 9.17) is 4.42 Å². The molecule has 0 amide bonds. The van der Waals surface area contributed by atoms with Gasteiger partial charge in [-0.2, -0.15) is 4.98 Å². The van der Waals surface area contributed by atoms with Gasteiger partial charge >= 0.3 is 0 Å². The number of halogens is 1. The number of hydrogen-bond acceptors (Lipinski definition) is 7. The average Bonchev–Trinajstić information content (AvgIpc) is 3.06. The van der Waals surface area contributed by atoms with Crippen LogP contribution < -0.4 is 10.6 Å². The summed E-state index contributed by atoms with van der Waals surface area (Å²) in [6.45, 7) is 1.95. The minimum Gasteiger partial charge on any atom is -0.443 e. The van der Waals surface area contributed by atoms with Crippen molar-refractivity contribution < 1.29 is 4.42 Å². The van der Waals surface area contributed by atoms with E-state index in [9.17, 15) is 0 Å². The first-order valence-corrected chi connectivity index (χ1v) is 8.28. The summed E-state index contributed by atoms with van der Waals surface area (Å²) < 4.78 is 6.14. The molecule has 4 aromatic rings. The molecule has 3 aromatic heterocycles. The Bertz CT molecular complexity index is 1050. The van der Waals surface area contributed by atoms with Crippen LogP contribution in [-0.2, 0) is 0 Å². The molecule has 0 radical (unpaired) electrons. The van der Waals surface area contributed by atoms with Gasteiger partial charge in [-0.1, -0.05) is 0 Å². The van der Waals surface area contributed by atoms with Crippen LogP contribution >= 0.6 is 15.9 Å². The van der Waals surface area contributed by atoms with Crippen molar-refractivity contribution in [2.45, 2.75) is 6.92 Å². The summed E-state index contributed by atoms with van der Waals surface area (Å²) in [5, 5.41) is 6.44. The number of nitrogens with zero attached hydrogens (tertiary/aromatic N) is 4. The lowest BCUT2D eigenvalue weighted by Gasteiger charge is -2.11. The van der Waals surface area contributed by atoms with Crippen LogP contribution in [0.1, 0.15) is 5.56 Å². The Morgan fingerprint density at radius 2 is 1.92 bits per heavy atom. The second kappa shape index (κ2) is 6.48. The SMILES string of the molecule is Cc1cnc(Nc2cncc(Br)c2)nc1Nc1ccc2ocnc2c1. The van der Waals surface area contributed by atoms with Gasteiger partial charge in [0.2, 0.25) is 5.95 Å². The molecular weight excluding hydrogens is 384 g/mol. The zero-order valence-electron chi connectivity index (χ0n) is 13.2. The predicted octanol–water partition coefficient (Wildman–Crippen LogP) is 4.57. The fourth-order valence-electron chi connectivity index (χ4n) is 2.31. The van der Waals surface area contributed by atoms with Gasteiger partial charge in [0.25, 0.3) is 0 Å². The lowest BCUT2D eigenvalue weighted by molar-refractivity contribution is 0.602. The van der Waals surface area contributed by atoms with Gasteiger partial charge in [-0.25, -0.2) is 9.97 Å². The third-order valence-corrected chi connectivity index (χ3v) is 3.96. The van der Waals surface area contributed by atoms with Crippen LogP contribution in [0.2, 0.25) is 0 Å². The van der Waals surface area contributed by atoms with E-state index < -0.39 is 0 Å². The largest absolute Gasteiger partial charge is 0.443 e. The second-order valence-electron chi connectivity index (χ2n) is 5.40. The van der Waals surface area contributed by atoms with Crippen LogP contribution in [0.4, 0.5) is 23.1 Å². The van der Waals surface area contributed by atoms with E-state index in [-0.39, 0.29) is 0 Å². The quantitative estimate of drug-likeness (QED) is 0.521. The maximum atomic E-state index is 5.26. The summed E-state index contributed by atoms with van der Waals surface area (Å²) in [5.41, 5.74) is 4.13. The molecule has 0 aliphatic heterocycles. The van der Waals surface area contributed by atoms with E-state index >= 15 is 0 Å². The molecule has 3 heterocycles. The Balaban J connectivity index is 1.60. The van der Waals surface area contributed by atoms with Crippen LogP contribution in [0.25, 0.3) is 11.1 Å². The molecule has 0 atom stereocenters. The fraction of sp³-hybridized carbons (Fsp3) is 0.0588. The molecule has 0 saturated carbocycles. The molecule has 8 heteroatoms. The lowest BCUT2D eigenvalue weighted by atomic mass is 10.2. The summed E-state index contributed by atoms with van der Waals surface area (Å²) in [5.74, 6) is 1.19. The normalized spacial score (nSPS) is 10.8. The first-order chi connectivity index (χ1) is 12.2. The summed E-state index contributed by atoms with van der Waals surface area (Å²) in [6.07, 6.45) is 6.62. The van der Waals surface area contributed by atoms with E-state index in [0.717, 1.165) is 32.5 Å². The zero-order chi connectivity index (χ0) is 17.2. The highest BCUT2D eigenvalue weighted by atomic mass is 79.9. The van der Waals surface area contributed by atoms with Gasteiger partial charge in [0.05, 0.1) is 11.9 Å². The third kappa shape index (κ3) is 3.43. The Morgan fingerprint density at radius 1 is 1.00 bits per heavy atom. The van der Waals surface area contributed by atoms with Gasteiger partial charge in [-0.05, 0) is 47.1 Å². The van der Waals surface area contributed by atoms with E-state index in [2.05, 4.69) is 46.5 Å². The number of aromatic nitrogens is 4. The molecule has 0 aliphatic rings. The van der Waals surface area contributed by atoms with Gasteiger partial charge in [-0.15, -0.1) is 0 Å². The van der Waals surface area contributed by atoms with Crippen molar-refractivity contribution >= 4 is 50.2 Å². The summed E-state index contributed by atoms with van der Waals surface area (Å²) >= 11 is 3.39. The van der Waals surface area contributed by atoms with Crippen molar-refractivity contribution in [2.24, 2.45) is 0 Å². The van der Waals surface area contributed by atoms with Crippen molar-refractivity contribution in [1.82, 2.24) is 19.9 Å². The highest BCUT2D eigenvalue weighted by Crippen LogP contribution is 2.24. The van der Waals surface area contributed by atoms with Gasteiger partial charge in [0.15, 0.2) is 12.0 Å². The molecule has 25 heavy (non-hydrogen) atoms. The highest BCUT2D eigenvalue weighted by Gasteiger charge is 2.07. The minimum atomic E-state index is 0.482. The Kier molecular flexibility index (Phi) is 4.02. The molecule has 0 fully saturated rings. The molecule has 0 saturated heterocycles. The molecule has 0 unspecified atom stereocenters. The number of pyridine rings is 1. The molecule has 2 N–H and O–H groups in total. The number of oxazole rings is 1. The topological polar surface area (TPSA) is 88.8 Å². The standard InChI is InChI=1S/C17H13BrN6O/c1-10-6-20-17(23-13-4-11(18)7-19-8-13)24-16(10)22-12-2-3-15-14(5-12)21-9-25-15/h2-9H,1H3,(H2,20,22,23,24).